The quantitative estimate of drug-likeness (QED) is 0.515. The average molecular weight is 164 g/mol. The van der Waals surface area contributed by atoms with Gasteiger partial charge < -0.3 is 5.73 Å². The van der Waals surface area contributed by atoms with E-state index in [1.165, 1.54) is 19.1 Å². The summed E-state index contributed by atoms with van der Waals surface area (Å²) in [4.78, 5) is 24.9. The van der Waals surface area contributed by atoms with E-state index in [1.807, 2.05) is 0 Å². The third-order valence-electron chi connectivity index (χ3n) is 1.43. The topological polar surface area (TPSA) is 73.1 Å². The fourth-order valence-electron chi connectivity index (χ4n) is 0.776. The summed E-state index contributed by atoms with van der Waals surface area (Å²) < 4.78 is 0. The molecule has 0 aromatic carbocycles. The van der Waals surface area contributed by atoms with E-state index in [0.29, 0.717) is 6.29 Å². The summed E-state index contributed by atoms with van der Waals surface area (Å²) in [5.41, 5.74) is 6.05. The van der Waals surface area contributed by atoms with E-state index < -0.39 is 0 Å². The number of nitrogens with zero attached hydrogens (tertiary/aromatic N) is 1. The van der Waals surface area contributed by atoms with Crippen LogP contribution in [0, 0.1) is 0 Å². The molecule has 0 aliphatic rings. The Labute approximate surface area is 69.4 Å². The van der Waals surface area contributed by atoms with Crippen molar-refractivity contribution in [3.63, 3.8) is 0 Å². The molecular formula is C8H8N2O2. The smallest absolute Gasteiger partial charge is 0.178 e. The van der Waals surface area contributed by atoms with E-state index in [0.717, 1.165) is 0 Å². The van der Waals surface area contributed by atoms with E-state index in [2.05, 4.69) is 4.98 Å². The maximum absolute atomic E-state index is 10.8. The van der Waals surface area contributed by atoms with Crippen LogP contribution in [0.4, 0.5) is 5.69 Å². The number of Topliss-reactive ketones (excluding diaryl/α,β-unsaturated/α-hetero) is 1. The molecule has 0 atom stereocenters. The molecule has 2 N–H and O–H groups in total. The number of aromatic nitrogens is 1. The van der Waals surface area contributed by atoms with Gasteiger partial charge in [0, 0.05) is 6.92 Å². The number of ketones is 1. The molecule has 0 spiro atoms. The van der Waals surface area contributed by atoms with Crippen LogP contribution in [-0.4, -0.2) is 17.1 Å². The number of pyridine rings is 1. The predicted molar refractivity (Wildman–Crippen MR) is 44.0 cm³/mol. The zero-order valence-corrected chi connectivity index (χ0v) is 6.57. The van der Waals surface area contributed by atoms with Gasteiger partial charge in [0.25, 0.3) is 0 Å². The maximum Gasteiger partial charge on any atom is 0.178 e. The van der Waals surface area contributed by atoms with Gasteiger partial charge in [-0.2, -0.15) is 0 Å². The summed E-state index contributed by atoms with van der Waals surface area (Å²) in [6.45, 7) is 1.38. The molecule has 4 heteroatoms. The summed E-state index contributed by atoms with van der Waals surface area (Å²) in [6.07, 6.45) is 0.530. The summed E-state index contributed by atoms with van der Waals surface area (Å²) in [5, 5.41) is 0. The highest BCUT2D eigenvalue weighted by atomic mass is 16.1. The van der Waals surface area contributed by atoms with E-state index in [4.69, 9.17) is 5.73 Å². The number of hydrogen-bond donors (Lipinski definition) is 1. The zero-order valence-electron chi connectivity index (χ0n) is 6.57. The van der Waals surface area contributed by atoms with Gasteiger partial charge in [0.1, 0.15) is 11.4 Å². The minimum Gasteiger partial charge on any atom is -0.397 e. The van der Waals surface area contributed by atoms with Crippen molar-refractivity contribution in [1.29, 1.82) is 0 Å². The van der Waals surface area contributed by atoms with Crippen molar-refractivity contribution >= 4 is 17.8 Å². The number of anilines is 1. The fraction of sp³-hybridized carbons (Fsp3) is 0.125. The van der Waals surface area contributed by atoms with Gasteiger partial charge in [-0.15, -0.1) is 0 Å². The molecule has 62 valence electrons. The van der Waals surface area contributed by atoms with Crippen LogP contribution in [-0.2, 0) is 0 Å². The first-order valence-electron chi connectivity index (χ1n) is 3.38. The van der Waals surface area contributed by atoms with Gasteiger partial charge in [-0.1, -0.05) is 0 Å². The minimum absolute atomic E-state index is 0.114. The Bertz CT molecular complexity index is 334. The first kappa shape index (κ1) is 8.39. The highest BCUT2D eigenvalue weighted by Crippen LogP contribution is 2.07. The van der Waals surface area contributed by atoms with Crippen LogP contribution >= 0.6 is 0 Å². The van der Waals surface area contributed by atoms with Crippen molar-refractivity contribution in [1.82, 2.24) is 4.98 Å². The van der Waals surface area contributed by atoms with Gasteiger partial charge >= 0.3 is 0 Å². The highest BCUT2D eigenvalue weighted by molar-refractivity contribution is 5.93. The summed E-state index contributed by atoms with van der Waals surface area (Å²) in [6, 6.07) is 2.98. The summed E-state index contributed by atoms with van der Waals surface area (Å²) in [7, 11) is 0. The molecule has 0 bridgehead atoms. The van der Waals surface area contributed by atoms with Crippen LogP contribution in [0.5, 0.6) is 0 Å². The largest absolute Gasteiger partial charge is 0.397 e. The lowest BCUT2D eigenvalue weighted by molar-refractivity contribution is 0.101. The maximum atomic E-state index is 10.8. The van der Waals surface area contributed by atoms with Crippen molar-refractivity contribution < 1.29 is 9.59 Å². The average Bonchev–Trinajstić information content (AvgIpc) is 2.05. The number of rotatable bonds is 2. The van der Waals surface area contributed by atoms with Gasteiger partial charge in [-0.05, 0) is 12.1 Å². The molecule has 0 fully saturated rings. The second kappa shape index (κ2) is 3.13. The van der Waals surface area contributed by atoms with E-state index in [-0.39, 0.29) is 22.9 Å². The van der Waals surface area contributed by atoms with Gasteiger partial charge in [-0.25, -0.2) is 4.98 Å². The molecule has 4 nitrogen and oxygen atoms in total. The summed E-state index contributed by atoms with van der Waals surface area (Å²) >= 11 is 0. The summed E-state index contributed by atoms with van der Waals surface area (Å²) in [5.74, 6) is -0.182. The van der Waals surface area contributed by atoms with Crippen molar-refractivity contribution in [3.05, 3.63) is 23.5 Å². The van der Waals surface area contributed by atoms with Crippen LogP contribution in [0.1, 0.15) is 27.9 Å². The number of aldehydes is 1. The molecule has 0 aliphatic carbocycles. The third kappa shape index (κ3) is 1.47. The molecule has 0 amide bonds. The molecule has 0 saturated carbocycles. The molecular weight excluding hydrogens is 156 g/mol. The zero-order chi connectivity index (χ0) is 9.14. The molecule has 12 heavy (non-hydrogen) atoms. The third-order valence-corrected chi connectivity index (χ3v) is 1.43. The van der Waals surface area contributed by atoms with Gasteiger partial charge in [-0.3, -0.25) is 9.59 Å². The Morgan fingerprint density at radius 2 is 2.25 bits per heavy atom. The lowest BCUT2D eigenvalue weighted by atomic mass is 10.2. The van der Waals surface area contributed by atoms with Gasteiger partial charge in [0.2, 0.25) is 0 Å². The Balaban J connectivity index is 3.22. The van der Waals surface area contributed by atoms with Crippen molar-refractivity contribution in [2.45, 2.75) is 6.92 Å². The normalized spacial score (nSPS) is 9.42. The lowest BCUT2D eigenvalue weighted by Gasteiger charge is -1.98. The monoisotopic (exact) mass is 164 g/mol. The second-order valence-electron chi connectivity index (χ2n) is 2.34. The van der Waals surface area contributed by atoms with Crippen LogP contribution in [0.15, 0.2) is 12.1 Å². The Hall–Kier alpha value is -1.71. The van der Waals surface area contributed by atoms with E-state index in [1.54, 1.807) is 0 Å². The molecule has 1 heterocycles. The molecule has 0 unspecified atom stereocenters. The lowest BCUT2D eigenvalue weighted by Crippen LogP contribution is -2.03. The van der Waals surface area contributed by atoms with Crippen molar-refractivity contribution in [3.8, 4) is 0 Å². The van der Waals surface area contributed by atoms with Gasteiger partial charge in [0.15, 0.2) is 12.1 Å². The molecule has 0 saturated heterocycles. The molecule has 1 aromatic rings. The van der Waals surface area contributed by atoms with Crippen molar-refractivity contribution in [2.24, 2.45) is 0 Å². The van der Waals surface area contributed by atoms with Crippen LogP contribution in [0.2, 0.25) is 0 Å². The number of carbonyl (C=O) groups excluding carboxylic acids is 2. The van der Waals surface area contributed by atoms with Gasteiger partial charge in [0.05, 0.1) is 5.69 Å². The molecule has 1 aromatic heterocycles. The Kier molecular flexibility index (Phi) is 2.19. The Morgan fingerprint density at radius 3 is 2.75 bits per heavy atom. The fourth-order valence-corrected chi connectivity index (χ4v) is 0.776. The minimum atomic E-state index is -0.182. The first-order chi connectivity index (χ1) is 5.65. The number of nitrogen functional groups attached to an aromatic ring is 1. The van der Waals surface area contributed by atoms with Crippen molar-refractivity contribution in [2.75, 3.05) is 5.73 Å². The number of hydrogen-bond acceptors (Lipinski definition) is 4. The predicted octanol–water partition coefficient (Wildman–Crippen LogP) is 0.679. The van der Waals surface area contributed by atoms with Crippen LogP contribution in [0.3, 0.4) is 0 Å². The number of carbonyl (C=O) groups is 2. The highest BCUT2D eigenvalue weighted by Gasteiger charge is 2.04. The van der Waals surface area contributed by atoms with E-state index in [9.17, 15) is 9.59 Å². The van der Waals surface area contributed by atoms with E-state index >= 15 is 0 Å². The number of nitrogens with two attached hydrogens (primary N) is 1. The van der Waals surface area contributed by atoms with Crippen LogP contribution < -0.4 is 5.73 Å². The molecule has 1 rings (SSSR count). The Morgan fingerprint density at radius 1 is 1.58 bits per heavy atom. The SMILES string of the molecule is CC(=O)c1ccc(N)c(C=O)n1. The van der Waals surface area contributed by atoms with Crippen LogP contribution in [0.25, 0.3) is 0 Å². The standard InChI is InChI=1S/C8H8N2O2/c1-5(12)7-3-2-6(9)8(4-11)10-7/h2-4H,9H2,1H3. The molecule has 0 radical (unpaired) electrons. The molecule has 0 aliphatic heterocycles. The first-order valence-corrected chi connectivity index (χ1v) is 3.38. The second-order valence-corrected chi connectivity index (χ2v) is 2.34.